The lowest BCUT2D eigenvalue weighted by Crippen LogP contribution is -2.26. The van der Waals surface area contributed by atoms with Crippen molar-refractivity contribution in [2.75, 3.05) is 25.0 Å². The van der Waals surface area contributed by atoms with Gasteiger partial charge in [-0.2, -0.15) is 0 Å². The van der Waals surface area contributed by atoms with Crippen LogP contribution in [0.5, 0.6) is 0 Å². The highest BCUT2D eigenvalue weighted by atomic mass is 15.2. The lowest BCUT2D eigenvalue weighted by molar-refractivity contribution is 0.225. The molecular formula is C17H29N3. The van der Waals surface area contributed by atoms with E-state index in [1.165, 1.54) is 30.9 Å². The summed E-state index contributed by atoms with van der Waals surface area (Å²) in [5.74, 6) is 0.809. The summed E-state index contributed by atoms with van der Waals surface area (Å²) in [5, 5.41) is 3.43. The van der Waals surface area contributed by atoms with Crippen LogP contribution in [0.2, 0.25) is 0 Å². The van der Waals surface area contributed by atoms with Crippen LogP contribution in [0.4, 0.5) is 5.69 Å². The van der Waals surface area contributed by atoms with Crippen LogP contribution >= 0.6 is 0 Å². The molecule has 0 spiro atoms. The number of likely N-dealkylation sites (tertiary alicyclic amines) is 1. The molecule has 1 atom stereocenters. The van der Waals surface area contributed by atoms with Gasteiger partial charge in [0.25, 0.3) is 0 Å². The summed E-state index contributed by atoms with van der Waals surface area (Å²) in [5.41, 5.74) is 2.80. The van der Waals surface area contributed by atoms with E-state index in [4.69, 9.17) is 0 Å². The molecule has 1 unspecified atom stereocenters. The zero-order valence-corrected chi connectivity index (χ0v) is 13.4. The lowest BCUT2D eigenvalue weighted by atomic mass is 9.80. The third kappa shape index (κ3) is 4.20. The molecule has 0 aromatic carbocycles. The van der Waals surface area contributed by atoms with Gasteiger partial charge in [0.15, 0.2) is 0 Å². The molecule has 20 heavy (non-hydrogen) atoms. The van der Waals surface area contributed by atoms with Crippen LogP contribution in [0.15, 0.2) is 18.3 Å². The number of nitrogens with zero attached hydrogens (tertiary/aromatic N) is 2. The highest BCUT2D eigenvalue weighted by Crippen LogP contribution is 2.33. The highest BCUT2D eigenvalue weighted by molar-refractivity contribution is 5.43. The van der Waals surface area contributed by atoms with E-state index in [0.29, 0.717) is 5.41 Å². The minimum atomic E-state index is 0.423. The van der Waals surface area contributed by atoms with Crippen LogP contribution in [-0.2, 0) is 6.54 Å². The second kappa shape index (κ2) is 6.57. The van der Waals surface area contributed by atoms with Gasteiger partial charge in [0.05, 0.1) is 5.69 Å². The van der Waals surface area contributed by atoms with Crippen LogP contribution in [-0.4, -0.2) is 29.5 Å². The van der Waals surface area contributed by atoms with E-state index in [0.717, 1.165) is 25.4 Å². The Bertz CT molecular complexity index is 422. The van der Waals surface area contributed by atoms with E-state index >= 15 is 0 Å². The average Bonchev–Trinajstić information content (AvgIpc) is 2.85. The first-order valence-electron chi connectivity index (χ1n) is 7.90. The molecule has 1 N–H and O–H groups in total. The summed E-state index contributed by atoms with van der Waals surface area (Å²) in [6.45, 7) is 13.7. The maximum absolute atomic E-state index is 4.52. The van der Waals surface area contributed by atoms with Crippen molar-refractivity contribution >= 4 is 5.69 Å². The van der Waals surface area contributed by atoms with Crippen molar-refractivity contribution < 1.29 is 0 Å². The molecule has 2 heterocycles. The number of anilines is 1. The van der Waals surface area contributed by atoms with E-state index in [9.17, 15) is 0 Å². The molecule has 0 aliphatic carbocycles. The highest BCUT2D eigenvalue weighted by Gasteiger charge is 2.31. The molecule has 1 aliphatic heterocycles. The third-order valence-corrected chi connectivity index (χ3v) is 4.28. The van der Waals surface area contributed by atoms with Crippen LogP contribution < -0.4 is 5.32 Å². The smallest absolute Gasteiger partial charge is 0.0564 e. The summed E-state index contributed by atoms with van der Waals surface area (Å²) in [6, 6.07) is 4.25. The van der Waals surface area contributed by atoms with E-state index in [1.807, 2.05) is 6.20 Å². The molecule has 1 aromatic rings. The fourth-order valence-electron chi connectivity index (χ4n) is 2.86. The molecule has 3 heteroatoms. The molecule has 112 valence electrons. The summed E-state index contributed by atoms with van der Waals surface area (Å²) in [6.07, 6.45) is 4.39. The monoisotopic (exact) mass is 275 g/mol. The predicted octanol–water partition coefficient (Wildman–Crippen LogP) is 3.77. The van der Waals surface area contributed by atoms with Crippen molar-refractivity contribution in [1.29, 1.82) is 0 Å². The molecule has 0 bridgehead atoms. The molecular weight excluding hydrogens is 246 g/mol. The zero-order chi connectivity index (χ0) is 14.6. The normalized spacial score (nSPS) is 20.3. The van der Waals surface area contributed by atoms with Crippen LogP contribution in [0, 0.1) is 11.3 Å². The fraction of sp³-hybridized carbons (Fsp3) is 0.706. The standard InChI is InChI=1S/C17H29N3/c1-5-8-18-15-6-9-19-16(11-15)13-20-10-7-14(12-20)17(2,3)4/h6,9,11,14H,5,7-8,10,12-13H2,1-4H3,(H,18,19). The minimum Gasteiger partial charge on any atom is -0.385 e. The molecule has 2 rings (SSSR count). The molecule has 1 aliphatic rings. The second-order valence-electron chi connectivity index (χ2n) is 7.05. The van der Waals surface area contributed by atoms with E-state index < -0.39 is 0 Å². The number of nitrogens with one attached hydrogen (secondary N) is 1. The Morgan fingerprint density at radius 1 is 1.40 bits per heavy atom. The minimum absolute atomic E-state index is 0.423. The van der Waals surface area contributed by atoms with Gasteiger partial charge < -0.3 is 5.32 Å². The number of aromatic nitrogens is 1. The van der Waals surface area contributed by atoms with Gasteiger partial charge in [-0.1, -0.05) is 27.7 Å². The second-order valence-corrected chi connectivity index (χ2v) is 7.05. The Morgan fingerprint density at radius 3 is 2.85 bits per heavy atom. The van der Waals surface area contributed by atoms with Gasteiger partial charge in [-0.25, -0.2) is 0 Å². The van der Waals surface area contributed by atoms with Crippen LogP contribution in [0.1, 0.15) is 46.2 Å². The first-order valence-corrected chi connectivity index (χ1v) is 7.90. The zero-order valence-electron chi connectivity index (χ0n) is 13.4. The average molecular weight is 275 g/mol. The van der Waals surface area contributed by atoms with Crippen LogP contribution in [0.3, 0.4) is 0 Å². The number of rotatable bonds is 5. The predicted molar refractivity (Wildman–Crippen MR) is 85.9 cm³/mol. The van der Waals surface area contributed by atoms with Gasteiger partial charge in [0.2, 0.25) is 0 Å². The topological polar surface area (TPSA) is 28.2 Å². The molecule has 0 saturated carbocycles. The van der Waals surface area contributed by atoms with Crippen molar-refractivity contribution in [2.24, 2.45) is 11.3 Å². The van der Waals surface area contributed by atoms with Crippen molar-refractivity contribution in [3.05, 3.63) is 24.0 Å². The van der Waals surface area contributed by atoms with E-state index in [1.54, 1.807) is 0 Å². The Labute approximate surface area is 123 Å². The Balaban J connectivity index is 1.91. The van der Waals surface area contributed by atoms with Gasteiger partial charge in [-0.3, -0.25) is 9.88 Å². The van der Waals surface area contributed by atoms with Crippen molar-refractivity contribution in [2.45, 2.75) is 47.1 Å². The molecule has 1 aromatic heterocycles. The largest absolute Gasteiger partial charge is 0.385 e. The third-order valence-electron chi connectivity index (χ3n) is 4.28. The maximum Gasteiger partial charge on any atom is 0.0564 e. The quantitative estimate of drug-likeness (QED) is 0.886. The first kappa shape index (κ1) is 15.3. The first-order chi connectivity index (χ1) is 9.49. The Kier molecular flexibility index (Phi) is 5.03. The van der Waals surface area contributed by atoms with Gasteiger partial charge in [0.1, 0.15) is 0 Å². The summed E-state index contributed by atoms with van der Waals surface area (Å²) in [4.78, 5) is 7.06. The number of hydrogen-bond acceptors (Lipinski definition) is 3. The van der Waals surface area contributed by atoms with E-state index in [2.05, 4.69) is 55.0 Å². The molecule has 3 nitrogen and oxygen atoms in total. The molecule has 0 radical (unpaired) electrons. The summed E-state index contributed by atoms with van der Waals surface area (Å²) >= 11 is 0. The van der Waals surface area contributed by atoms with Gasteiger partial charge in [-0.15, -0.1) is 0 Å². The Morgan fingerprint density at radius 2 is 2.20 bits per heavy atom. The van der Waals surface area contributed by atoms with Crippen molar-refractivity contribution in [3.63, 3.8) is 0 Å². The number of pyridine rings is 1. The fourth-order valence-corrected chi connectivity index (χ4v) is 2.86. The SMILES string of the molecule is CCCNc1ccnc(CN2CCC(C(C)(C)C)C2)c1. The lowest BCUT2D eigenvalue weighted by Gasteiger charge is -2.27. The van der Waals surface area contributed by atoms with E-state index in [-0.39, 0.29) is 0 Å². The molecule has 1 saturated heterocycles. The van der Waals surface area contributed by atoms with Crippen molar-refractivity contribution in [3.8, 4) is 0 Å². The molecule has 1 fully saturated rings. The molecule has 0 amide bonds. The van der Waals surface area contributed by atoms with Gasteiger partial charge in [-0.05, 0) is 42.9 Å². The van der Waals surface area contributed by atoms with Crippen LogP contribution in [0.25, 0.3) is 0 Å². The number of hydrogen-bond donors (Lipinski definition) is 1. The van der Waals surface area contributed by atoms with Crippen molar-refractivity contribution in [1.82, 2.24) is 9.88 Å². The van der Waals surface area contributed by atoms with Gasteiger partial charge >= 0.3 is 0 Å². The Hall–Kier alpha value is -1.09. The van der Waals surface area contributed by atoms with Gasteiger partial charge in [0, 0.05) is 31.5 Å². The summed E-state index contributed by atoms with van der Waals surface area (Å²) in [7, 11) is 0. The maximum atomic E-state index is 4.52. The summed E-state index contributed by atoms with van der Waals surface area (Å²) < 4.78 is 0.